The number of halogens is 4. The third-order valence-corrected chi connectivity index (χ3v) is 5.91. The normalized spacial score (nSPS) is 12.2. The molecule has 3 aromatic rings. The second-order valence-corrected chi connectivity index (χ2v) is 8.96. The van der Waals surface area contributed by atoms with Gasteiger partial charge in [0.15, 0.2) is 15.8 Å². The number of hydrogen-bond acceptors (Lipinski definition) is 4. The summed E-state index contributed by atoms with van der Waals surface area (Å²) in [7, 11) is 0. The van der Waals surface area contributed by atoms with Gasteiger partial charge in [-0.05, 0) is 30.7 Å². The van der Waals surface area contributed by atoms with Crippen molar-refractivity contribution in [1.29, 1.82) is 0 Å². The van der Waals surface area contributed by atoms with Gasteiger partial charge in [-0.2, -0.15) is 0 Å². The van der Waals surface area contributed by atoms with Crippen LogP contribution in [-0.4, -0.2) is 25.5 Å². The Balaban J connectivity index is 1.99. The van der Waals surface area contributed by atoms with E-state index < -0.39 is 16.8 Å². The third kappa shape index (κ3) is 5.58. The molecule has 0 saturated heterocycles. The van der Waals surface area contributed by atoms with Crippen LogP contribution in [0.3, 0.4) is 0 Å². The summed E-state index contributed by atoms with van der Waals surface area (Å²) in [5.41, 5.74) is 1.75. The lowest BCUT2D eigenvalue weighted by Gasteiger charge is -2.17. The molecule has 0 saturated carbocycles. The molecule has 0 aliphatic rings. The molecular weight excluding hydrogens is 474 g/mol. The molecule has 2 aromatic carbocycles. The van der Waals surface area contributed by atoms with Gasteiger partial charge in [0.25, 0.3) is 5.91 Å². The van der Waals surface area contributed by atoms with Crippen molar-refractivity contribution in [2.75, 3.05) is 0 Å². The second kappa shape index (κ2) is 10.0. The van der Waals surface area contributed by atoms with Crippen LogP contribution >= 0.6 is 58.2 Å². The minimum absolute atomic E-state index is 0.475. The zero-order valence-electron chi connectivity index (χ0n) is 15.2. The van der Waals surface area contributed by atoms with E-state index in [0.29, 0.717) is 32.5 Å². The van der Waals surface area contributed by atoms with Gasteiger partial charge in [-0.15, -0.1) is 10.2 Å². The monoisotopic (exact) mass is 488 g/mol. The van der Waals surface area contributed by atoms with Gasteiger partial charge in [0.1, 0.15) is 0 Å². The summed E-state index contributed by atoms with van der Waals surface area (Å²) in [6.45, 7) is 1.76. The highest BCUT2D eigenvalue weighted by Crippen LogP contribution is 2.32. The van der Waals surface area contributed by atoms with Crippen LogP contribution in [0, 0.1) is 0 Å². The summed E-state index contributed by atoms with van der Waals surface area (Å²) >= 11 is 25.4. The Bertz CT molecular complexity index is 997. The van der Waals surface area contributed by atoms with Crippen LogP contribution in [0.5, 0.6) is 0 Å². The minimum Gasteiger partial charge on any atom is -0.344 e. The number of hydrogen-bond donors (Lipinski definition) is 1. The summed E-state index contributed by atoms with van der Waals surface area (Å²) in [5, 5.41) is 12.9. The minimum atomic E-state index is -1.18. The van der Waals surface area contributed by atoms with Gasteiger partial charge in [-0.3, -0.25) is 9.36 Å². The van der Waals surface area contributed by atoms with Gasteiger partial charge in [0.05, 0.1) is 16.8 Å². The maximum Gasteiger partial charge on any atom is 0.253 e. The molecule has 29 heavy (non-hydrogen) atoms. The molecule has 0 bridgehead atoms. The Morgan fingerprint density at radius 1 is 1.14 bits per heavy atom. The van der Waals surface area contributed by atoms with E-state index in [2.05, 4.69) is 15.5 Å². The van der Waals surface area contributed by atoms with Crippen molar-refractivity contribution in [2.45, 2.75) is 28.7 Å². The summed E-state index contributed by atoms with van der Waals surface area (Å²) < 4.78 is 1.78. The molecule has 5 nitrogen and oxygen atoms in total. The van der Waals surface area contributed by atoms with Gasteiger partial charge in [-0.1, -0.05) is 88.5 Å². The first-order valence-corrected chi connectivity index (χ1v) is 11.1. The van der Waals surface area contributed by atoms with E-state index >= 15 is 0 Å². The number of amides is 1. The number of carbonyl (C=O) groups excluding carboxylic acids is 1. The molecule has 1 aromatic heterocycles. The lowest BCUT2D eigenvalue weighted by molar-refractivity contribution is -0.120. The average Bonchev–Trinajstić information content (AvgIpc) is 3.12. The van der Waals surface area contributed by atoms with Crippen molar-refractivity contribution in [3.8, 4) is 5.69 Å². The lowest BCUT2D eigenvalue weighted by atomic mass is 10.2. The number of thioether (sulfide) groups is 1. The average molecular weight is 490 g/mol. The smallest absolute Gasteiger partial charge is 0.253 e. The van der Waals surface area contributed by atoms with Gasteiger partial charge in [0, 0.05) is 10.8 Å². The van der Waals surface area contributed by atoms with Crippen LogP contribution in [0.2, 0.25) is 10.0 Å². The van der Waals surface area contributed by atoms with Crippen LogP contribution in [0.25, 0.3) is 5.69 Å². The summed E-state index contributed by atoms with van der Waals surface area (Å²) in [6.07, 6.45) is 0. The third-order valence-electron chi connectivity index (χ3n) is 3.96. The molecule has 3 rings (SSSR count). The molecule has 1 amide bonds. The highest BCUT2D eigenvalue weighted by Gasteiger charge is 2.24. The van der Waals surface area contributed by atoms with Crippen molar-refractivity contribution in [2.24, 2.45) is 0 Å². The van der Waals surface area contributed by atoms with E-state index in [1.165, 1.54) is 11.8 Å². The Kier molecular flexibility index (Phi) is 7.71. The van der Waals surface area contributed by atoms with Gasteiger partial charge in [0.2, 0.25) is 0 Å². The number of rotatable bonds is 7. The Morgan fingerprint density at radius 2 is 1.86 bits per heavy atom. The van der Waals surface area contributed by atoms with E-state index in [1.54, 1.807) is 29.7 Å². The Labute approximate surface area is 192 Å². The fourth-order valence-corrected chi connectivity index (χ4v) is 4.00. The van der Waals surface area contributed by atoms with E-state index in [4.69, 9.17) is 46.4 Å². The topological polar surface area (TPSA) is 59.8 Å². The van der Waals surface area contributed by atoms with Crippen LogP contribution in [0.15, 0.2) is 53.7 Å². The molecule has 0 spiro atoms. The first-order valence-electron chi connectivity index (χ1n) is 8.53. The molecule has 0 aliphatic heterocycles. The van der Waals surface area contributed by atoms with Crippen molar-refractivity contribution < 1.29 is 4.79 Å². The van der Waals surface area contributed by atoms with Crippen LogP contribution in [0.1, 0.15) is 24.4 Å². The highest BCUT2D eigenvalue weighted by atomic mass is 35.5. The lowest BCUT2D eigenvalue weighted by Crippen LogP contribution is -2.32. The number of aromatic nitrogens is 3. The molecule has 10 heteroatoms. The van der Waals surface area contributed by atoms with E-state index in [9.17, 15) is 4.79 Å². The first-order chi connectivity index (χ1) is 13.9. The predicted octanol–water partition coefficient (Wildman–Crippen LogP) is 5.85. The molecule has 0 aliphatic carbocycles. The molecule has 0 fully saturated rings. The van der Waals surface area contributed by atoms with Crippen LogP contribution in [-0.2, 0) is 10.5 Å². The zero-order chi connectivity index (χ0) is 21.0. The number of alkyl halides is 2. The molecular formula is C19H16Cl4N4OS. The molecule has 1 unspecified atom stereocenters. The SMILES string of the molecule is CC(NC(=O)C(Cl)Cl)c1nnc(SCc2ccccc2)n1-c1cc(Cl)ccc1Cl. The van der Waals surface area contributed by atoms with E-state index in [1.807, 2.05) is 30.3 Å². The maximum absolute atomic E-state index is 11.9. The number of benzene rings is 2. The standard InChI is InChI=1S/C19H16Cl4N4OS/c1-11(24-18(28)16(22)23)17-25-26-19(29-10-12-5-3-2-4-6-12)27(17)15-9-13(20)7-8-14(15)21/h2-9,11,16H,10H2,1H3,(H,24,28). The summed E-state index contributed by atoms with van der Waals surface area (Å²) in [4.78, 5) is 10.7. The van der Waals surface area contributed by atoms with Crippen LogP contribution in [0.4, 0.5) is 0 Å². The molecule has 1 N–H and O–H groups in total. The second-order valence-electron chi connectivity index (χ2n) is 6.08. The van der Waals surface area contributed by atoms with E-state index in [-0.39, 0.29) is 0 Å². The quantitative estimate of drug-likeness (QED) is 0.334. The molecule has 1 heterocycles. The maximum atomic E-state index is 11.9. The number of carbonyl (C=O) groups is 1. The predicted molar refractivity (Wildman–Crippen MR) is 119 cm³/mol. The fourth-order valence-electron chi connectivity index (χ4n) is 2.60. The van der Waals surface area contributed by atoms with Crippen molar-refractivity contribution >= 4 is 64.1 Å². The van der Waals surface area contributed by atoms with Gasteiger partial charge in [-0.25, -0.2) is 0 Å². The van der Waals surface area contributed by atoms with Crippen molar-refractivity contribution in [1.82, 2.24) is 20.1 Å². The Hall–Kier alpha value is -1.44. The summed E-state index contributed by atoms with van der Waals surface area (Å²) in [5.74, 6) is 0.640. The van der Waals surface area contributed by atoms with Gasteiger partial charge < -0.3 is 5.32 Å². The van der Waals surface area contributed by atoms with Crippen molar-refractivity contribution in [3.05, 3.63) is 70.0 Å². The molecule has 152 valence electrons. The van der Waals surface area contributed by atoms with E-state index in [0.717, 1.165) is 5.56 Å². The van der Waals surface area contributed by atoms with Crippen molar-refractivity contribution in [3.63, 3.8) is 0 Å². The number of nitrogens with zero attached hydrogens (tertiary/aromatic N) is 3. The molecule has 1 atom stereocenters. The Morgan fingerprint density at radius 3 is 2.55 bits per heavy atom. The van der Waals surface area contributed by atoms with Gasteiger partial charge >= 0.3 is 0 Å². The largest absolute Gasteiger partial charge is 0.344 e. The number of nitrogens with one attached hydrogen (secondary N) is 1. The van der Waals surface area contributed by atoms with Crippen LogP contribution < -0.4 is 5.32 Å². The zero-order valence-corrected chi connectivity index (χ0v) is 19.0. The summed E-state index contributed by atoms with van der Waals surface area (Å²) in [6, 6.07) is 14.6. The first kappa shape index (κ1) is 22.2. The highest BCUT2D eigenvalue weighted by molar-refractivity contribution is 7.98. The fraction of sp³-hybridized carbons (Fsp3) is 0.211. The molecule has 0 radical (unpaired) electrons.